The molecule has 1 amide bonds. The van der Waals surface area contributed by atoms with E-state index in [-0.39, 0.29) is 23.3 Å². The number of amides is 1. The zero-order valence-corrected chi connectivity index (χ0v) is 18.9. The van der Waals surface area contributed by atoms with Crippen LogP contribution in [-0.4, -0.2) is 32.9 Å². The minimum absolute atomic E-state index is 0.135. The first-order chi connectivity index (χ1) is 15.3. The van der Waals surface area contributed by atoms with Crippen LogP contribution >= 0.6 is 11.6 Å². The van der Waals surface area contributed by atoms with E-state index in [1.165, 1.54) is 0 Å². The van der Waals surface area contributed by atoms with E-state index in [0.717, 1.165) is 62.6 Å². The summed E-state index contributed by atoms with van der Waals surface area (Å²) in [5.74, 6) is 3.01. The van der Waals surface area contributed by atoms with Gasteiger partial charge in [-0.15, -0.1) is 10.2 Å². The van der Waals surface area contributed by atoms with Crippen LogP contribution in [0.3, 0.4) is 0 Å². The molecule has 8 heteroatoms. The molecule has 3 fully saturated rings. The minimum Gasteiger partial charge on any atom is -0.480 e. The molecular weight excluding hydrogens is 430 g/mol. The molecule has 2 atom stereocenters. The Morgan fingerprint density at radius 1 is 1.19 bits per heavy atom. The van der Waals surface area contributed by atoms with Gasteiger partial charge in [0.25, 0.3) is 5.91 Å². The number of carbonyl (C=O) groups excluding carboxylic acids is 1. The van der Waals surface area contributed by atoms with Gasteiger partial charge in [-0.3, -0.25) is 4.79 Å². The summed E-state index contributed by atoms with van der Waals surface area (Å²) in [5.41, 5.74) is 0.226. The first kappa shape index (κ1) is 20.5. The van der Waals surface area contributed by atoms with E-state index in [1.54, 1.807) is 18.2 Å². The number of aromatic nitrogens is 2. The van der Waals surface area contributed by atoms with E-state index < -0.39 is 12.2 Å². The molecule has 3 aliphatic carbocycles. The molecule has 3 saturated carbocycles. The number of hydrogen-bond donors (Lipinski definition) is 2. The zero-order valence-electron chi connectivity index (χ0n) is 18.1. The maximum absolute atomic E-state index is 13.1. The highest BCUT2D eigenvalue weighted by molar-refractivity contribution is 6.30. The number of carbonyl (C=O) groups is 1. The summed E-state index contributed by atoms with van der Waals surface area (Å²) in [5, 5.41) is 23.1. The number of rotatable bonds is 4. The summed E-state index contributed by atoms with van der Waals surface area (Å²) < 4.78 is 12.1. The summed E-state index contributed by atoms with van der Waals surface area (Å²) in [6.07, 6.45) is 5.42. The van der Waals surface area contributed by atoms with Crippen LogP contribution in [0.5, 0.6) is 5.75 Å². The number of ether oxygens (including phenoxy) is 1. The lowest BCUT2D eigenvalue weighted by Crippen LogP contribution is -2.51. The Labute approximate surface area is 191 Å². The molecule has 32 heavy (non-hydrogen) atoms. The van der Waals surface area contributed by atoms with E-state index in [0.29, 0.717) is 22.3 Å². The van der Waals surface area contributed by atoms with Crippen LogP contribution in [0.1, 0.15) is 87.7 Å². The van der Waals surface area contributed by atoms with Gasteiger partial charge in [-0.1, -0.05) is 18.5 Å². The van der Waals surface area contributed by atoms with Crippen molar-refractivity contribution < 1.29 is 19.1 Å². The molecule has 1 aromatic heterocycles. The number of aliphatic hydroxyl groups is 1. The molecule has 2 bridgehead atoms. The highest BCUT2D eigenvalue weighted by Gasteiger charge is 2.58. The van der Waals surface area contributed by atoms with E-state index in [1.807, 2.05) is 0 Å². The van der Waals surface area contributed by atoms with Gasteiger partial charge >= 0.3 is 0 Å². The van der Waals surface area contributed by atoms with Crippen molar-refractivity contribution >= 4 is 17.5 Å². The fourth-order valence-corrected chi connectivity index (χ4v) is 6.49. The molecule has 1 aromatic carbocycles. The number of halogens is 1. The smallest absolute Gasteiger partial charge is 0.261 e. The maximum atomic E-state index is 13.1. The van der Waals surface area contributed by atoms with Crippen LogP contribution in [0.2, 0.25) is 5.02 Å². The second kappa shape index (κ2) is 7.19. The van der Waals surface area contributed by atoms with Gasteiger partial charge in [0.1, 0.15) is 5.75 Å². The van der Waals surface area contributed by atoms with Gasteiger partial charge in [-0.25, -0.2) is 0 Å². The van der Waals surface area contributed by atoms with Gasteiger partial charge in [0.15, 0.2) is 6.10 Å². The lowest BCUT2D eigenvalue weighted by atomic mass is 9.76. The Morgan fingerprint density at radius 3 is 2.72 bits per heavy atom. The van der Waals surface area contributed by atoms with Crippen LogP contribution in [0.25, 0.3) is 0 Å². The number of aliphatic hydroxyl groups excluding tert-OH is 1. The van der Waals surface area contributed by atoms with Gasteiger partial charge in [0, 0.05) is 28.5 Å². The van der Waals surface area contributed by atoms with E-state index >= 15 is 0 Å². The third kappa shape index (κ3) is 3.24. The van der Waals surface area contributed by atoms with Crippen LogP contribution in [-0.2, 0) is 10.2 Å². The van der Waals surface area contributed by atoms with Gasteiger partial charge in [0.05, 0.1) is 11.5 Å². The first-order valence-electron chi connectivity index (χ1n) is 11.6. The Hall–Kier alpha value is -2.12. The molecule has 2 unspecified atom stereocenters. The van der Waals surface area contributed by atoms with Crippen LogP contribution in [0.4, 0.5) is 0 Å². The SMILES string of the molecule is CC1CC(c2nnc(C34CCC(NC(=O)C5CC(O)c6cc(Cl)ccc6O5)(CC3)C4)o2)C1. The first-order valence-corrected chi connectivity index (χ1v) is 12.0. The van der Waals surface area contributed by atoms with Crippen LogP contribution in [0, 0.1) is 5.92 Å². The molecule has 2 heterocycles. The lowest BCUT2D eigenvalue weighted by molar-refractivity contribution is -0.132. The molecule has 2 aromatic rings. The molecule has 2 N–H and O–H groups in total. The van der Waals surface area contributed by atoms with Crippen LogP contribution in [0.15, 0.2) is 22.6 Å². The maximum Gasteiger partial charge on any atom is 0.261 e. The second-order valence-corrected chi connectivity index (χ2v) is 10.9. The second-order valence-electron chi connectivity index (χ2n) is 10.5. The Morgan fingerprint density at radius 2 is 1.97 bits per heavy atom. The summed E-state index contributed by atoms with van der Waals surface area (Å²) in [6, 6.07) is 5.11. The number of hydrogen-bond acceptors (Lipinski definition) is 6. The van der Waals surface area contributed by atoms with E-state index in [4.69, 9.17) is 20.8 Å². The highest BCUT2D eigenvalue weighted by Crippen LogP contribution is 2.57. The number of fused-ring (bicyclic) bond motifs is 3. The average Bonchev–Trinajstić information content (AvgIpc) is 3.46. The van der Waals surface area contributed by atoms with Gasteiger partial charge < -0.3 is 19.6 Å². The Bertz CT molecular complexity index is 1060. The fourth-order valence-electron chi connectivity index (χ4n) is 6.31. The quantitative estimate of drug-likeness (QED) is 0.714. The summed E-state index contributed by atoms with van der Waals surface area (Å²) in [7, 11) is 0. The largest absolute Gasteiger partial charge is 0.480 e. The van der Waals surface area contributed by atoms with Crippen molar-refractivity contribution in [1.29, 1.82) is 0 Å². The summed E-state index contributed by atoms with van der Waals surface area (Å²) in [4.78, 5) is 13.1. The predicted octanol–water partition coefficient (Wildman–Crippen LogP) is 4.19. The van der Waals surface area contributed by atoms with Crippen molar-refractivity contribution in [3.05, 3.63) is 40.6 Å². The summed E-state index contributed by atoms with van der Waals surface area (Å²) >= 11 is 6.03. The van der Waals surface area contributed by atoms with Gasteiger partial charge in [0.2, 0.25) is 11.8 Å². The Balaban J connectivity index is 1.14. The number of benzene rings is 1. The third-order valence-corrected chi connectivity index (χ3v) is 8.41. The van der Waals surface area contributed by atoms with Crippen molar-refractivity contribution in [1.82, 2.24) is 15.5 Å². The normalized spacial score (nSPS) is 37.5. The average molecular weight is 458 g/mol. The molecule has 0 saturated heterocycles. The van der Waals surface area contributed by atoms with Gasteiger partial charge in [-0.2, -0.15) is 0 Å². The van der Waals surface area contributed by atoms with Crippen molar-refractivity contribution in [2.75, 3.05) is 0 Å². The highest BCUT2D eigenvalue weighted by atomic mass is 35.5. The topological polar surface area (TPSA) is 97.5 Å². The van der Waals surface area contributed by atoms with E-state index in [2.05, 4.69) is 22.4 Å². The molecule has 6 rings (SSSR count). The predicted molar refractivity (Wildman–Crippen MR) is 117 cm³/mol. The molecule has 0 spiro atoms. The van der Waals surface area contributed by atoms with Crippen molar-refractivity contribution in [3.63, 3.8) is 0 Å². The van der Waals surface area contributed by atoms with Crippen molar-refractivity contribution in [2.24, 2.45) is 5.92 Å². The third-order valence-electron chi connectivity index (χ3n) is 8.18. The lowest BCUT2D eigenvalue weighted by Gasteiger charge is -2.33. The number of nitrogens with zero attached hydrogens (tertiary/aromatic N) is 2. The standard InChI is InChI=1S/C24H28ClN3O4/c1-13-8-14(9-13)21-27-28-22(32-21)23-4-6-24(12-23,7-5-23)26-20(30)19-11-17(29)16-10-15(25)2-3-18(16)31-19/h2-3,10,13-14,17,19,29H,4-9,11-12H2,1H3,(H,26,30). The molecule has 1 aliphatic heterocycles. The monoisotopic (exact) mass is 457 g/mol. The fraction of sp³-hybridized carbons (Fsp3) is 0.625. The minimum atomic E-state index is -0.775. The van der Waals surface area contributed by atoms with Crippen LogP contribution < -0.4 is 10.1 Å². The molecule has 170 valence electrons. The zero-order chi connectivity index (χ0) is 22.1. The Kier molecular flexibility index (Phi) is 4.60. The van der Waals surface area contributed by atoms with Gasteiger partial charge in [-0.05, 0) is 69.1 Å². The molecule has 4 aliphatic rings. The van der Waals surface area contributed by atoms with E-state index in [9.17, 15) is 9.90 Å². The van der Waals surface area contributed by atoms with Crippen molar-refractivity contribution in [3.8, 4) is 5.75 Å². The molecule has 7 nitrogen and oxygen atoms in total. The van der Waals surface area contributed by atoms with Crippen molar-refractivity contribution in [2.45, 2.75) is 87.4 Å². The number of nitrogens with one attached hydrogen (secondary N) is 1. The molecular formula is C24H28ClN3O4. The summed E-state index contributed by atoms with van der Waals surface area (Å²) in [6.45, 7) is 2.25. The molecule has 0 radical (unpaired) electrons.